The Hall–Kier alpha value is -0.790. The first-order valence-electron chi connectivity index (χ1n) is 5.68. The minimum atomic E-state index is 0.698. The van der Waals surface area contributed by atoms with Crippen LogP contribution in [0.4, 0.5) is 0 Å². The Labute approximate surface area is 86.3 Å². The molecule has 2 heteroatoms. The number of imidazole rings is 1. The zero-order valence-corrected chi connectivity index (χ0v) is 9.40. The molecule has 1 aliphatic carbocycles. The molecule has 0 N–H and O–H groups in total. The molecule has 1 aromatic rings. The second-order valence-corrected chi connectivity index (χ2v) is 4.80. The van der Waals surface area contributed by atoms with Gasteiger partial charge in [0.2, 0.25) is 0 Å². The summed E-state index contributed by atoms with van der Waals surface area (Å²) in [6.45, 7) is 6.85. The van der Waals surface area contributed by atoms with Crippen LogP contribution in [0.5, 0.6) is 0 Å². The van der Waals surface area contributed by atoms with Gasteiger partial charge in [0.15, 0.2) is 0 Å². The van der Waals surface area contributed by atoms with Gasteiger partial charge >= 0.3 is 0 Å². The maximum Gasteiger partial charge on any atom is 0.105 e. The summed E-state index contributed by atoms with van der Waals surface area (Å²) in [5.74, 6) is 2.92. The van der Waals surface area contributed by atoms with E-state index in [0.29, 0.717) is 6.04 Å². The van der Waals surface area contributed by atoms with Crippen molar-refractivity contribution >= 4 is 0 Å². The van der Waals surface area contributed by atoms with Gasteiger partial charge in [-0.3, -0.25) is 0 Å². The summed E-state index contributed by atoms with van der Waals surface area (Å²) in [4.78, 5) is 4.30. The average Bonchev–Trinajstić information content (AvgIpc) is 2.57. The highest BCUT2D eigenvalue weighted by atomic mass is 15.1. The van der Waals surface area contributed by atoms with Crippen molar-refractivity contribution < 1.29 is 0 Å². The average molecular weight is 192 g/mol. The van der Waals surface area contributed by atoms with Gasteiger partial charge in [0.05, 0.1) is 0 Å². The third-order valence-corrected chi connectivity index (χ3v) is 3.83. The molecule has 0 amide bonds. The molecule has 1 aliphatic rings. The molecular weight excluding hydrogens is 172 g/mol. The number of nitrogens with zero attached hydrogens (tertiary/aromatic N) is 2. The summed E-state index contributed by atoms with van der Waals surface area (Å²) in [7, 11) is 0. The largest absolute Gasteiger partial charge is 0.332 e. The topological polar surface area (TPSA) is 17.8 Å². The van der Waals surface area contributed by atoms with E-state index in [2.05, 4.69) is 36.5 Å². The first-order chi connectivity index (χ1) is 6.68. The highest BCUT2D eigenvalue weighted by Gasteiger charge is 2.25. The van der Waals surface area contributed by atoms with Crippen molar-refractivity contribution in [3.63, 3.8) is 0 Å². The van der Waals surface area contributed by atoms with Crippen LogP contribution in [0, 0.1) is 18.8 Å². The smallest absolute Gasteiger partial charge is 0.105 e. The van der Waals surface area contributed by atoms with Crippen LogP contribution in [0.2, 0.25) is 0 Å². The first-order valence-corrected chi connectivity index (χ1v) is 5.68. The molecule has 1 saturated carbocycles. The Morgan fingerprint density at radius 2 is 2.07 bits per heavy atom. The molecule has 0 bridgehead atoms. The van der Waals surface area contributed by atoms with Crippen molar-refractivity contribution in [3.05, 3.63) is 18.2 Å². The molecule has 2 rings (SSSR count). The fourth-order valence-corrected chi connectivity index (χ4v) is 2.55. The summed E-state index contributed by atoms with van der Waals surface area (Å²) >= 11 is 0. The Morgan fingerprint density at radius 3 is 2.64 bits per heavy atom. The molecule has 1 heterocycles. The molecule has 78 valence electrons. The molecule has 3 atom stereocenters. The lowest BCUT2D eigenvalue weighted by atomic mass is 9.79. The summed E-state index contributed by atoms with van der Waals surface area (Å²) in [5, 5.41) is 0. The van der Waals surface area contributed by atoms with E-state index in [4.69, 9.17) is 0 Å². The number of rotatable bonds is 1. The van der Waals surface area contributed by atoms with E-state index in [1.807, 2.05) is 6.20 Å². The zero-order valence-electron chi connectivity index (χ0n) is 9.40. The Balaban J connectivity index is 2.10. The Bertz CT molecular complexity index is 303. The summed E-state index contributed by atoms with van der Waals surface area (Å²) in [6, 6.07) is 0.698. The lowest BCUT2D eigenvalue weighted by Gasteiger charge is -2.33. The molecule has 2 nitrogen and oxygen atoms in total. The zero-order chi connectivity index (χ0) is 10.1. The number of hydrogen-bond donors (Lipinski definition) is 0. The summed E-state index contributed by atoms with van der Waals surface area (Å²) in [5.41, 5.74) is 0. The molecule has 14 heavy (non-hydrogen) atoms. The second kappa shape index (κ2) is 3.76. The summed E-state index contributed by atoms with van der Waals surface area (Å²) in [6.07, 6.45) is 8.05. The van der Waals surface area contributed by atoms with Gasteiger partial charge in [-0.1, -0.05) is 13.8 Å². The molecule has 1 fully saturated rings. The monoisotopic (exact) mass is 192 g/mol. The van der Waals surface area contributed by atoms with Crippen LogP contribution in [-0.4, -0.2) is 9.55 Å². The van der Waals surface area contributed by atoms with Crippen molar-refractivity contribution in [2.24, 2.45) is 11.8 Å². The lowest BCUT2D eigenvalue weighted by molar-refractivity contribution is 0.209. The van der Waals surface area contributed by atoms with Gasteiger partial charge < -0.3 is 4.57 Å². The molecular formula is C12H20N2. The van der Waals surface area contributed by atoms with Crippen molar-refractivity contribution in [1.29, 1.82) is 0 Å². The van der Waals surface area contributed by atoms with Gasteiger partial charge in [-0.15, -0.1) is 0 Å². The molecule has 3 unspecified atom stereocenters. The van der Waals surface area contributed by atoms with Crippen LogP contribution >= 0.6 is 0 Å². The third kappa shape index (κ3) is 1.70. The van der Waals surface area contributed by atoms with Gasteiger partial charge in [0.25, 0.3) is 0 Å². The van der Waals surface area contributed by atoms with E-state index in [0.717, 1.165) is 17.7 Å². The van der Waals surface area contributed by atoms with E-state index in [1.54, 1.807) is 0 Å². The van der Waals surface area contributed by atoms with Gasteiger partial charge in [-0.25, -0.2) is 4.98 Å². The van der Waals surface area contributed by atoms with E-state index < -0.39 is 0 Å². The van der Waals surface area contributed by atoms with Crippen LogP contribution in [-0.2, 0) is 0 Å². The van der Waals surface area contributed by atoms with Crippen molar-refractivity contribution in [2.45, 2.75) is 46.1 Å². The van der Waals surface area contributed by atoms with Crippen molar-refractivity contribution in [3.8, 4) is 0 Å². The standard InChI is InChI=1S/C12H20N2/c1-9-4-5-12(8-10(9)2)14-7-6-13-11(14)3/h6-7,9-10,12H,4-5,8H2,1-3H3. The van der Waals surface area contributed by atoms with Crippen LogP contribution in [0.3, 0.4) is 0 Å². The number of aryl methyl sites for hydroxylation is 1. The minimum Gasteiger partial charge on any atom is -0.332 e. The highest BCUT2D eigenvalue weighted by molar-refractivity contribution is 4.94. The Kier molecular flexibility index (Phi) is 2.62. The predicted octanol–water partition coefficient (Wildman–Crippen LogP) is 3.19. The summed E-state index contributed by atoms with van der Waals surface area (Å²) < 4.78 is 2.35. The van der Waals surface area contributed by atoms with Crippen LogP contribution in [0.25, 0.3) is 0 Å². The molecule has 0 aromatic carbocycles. The fourth-order valence-electron chi connectivity index (χ4n) is 2.55. The van der Waals surface area contributed by atoms with Crippen molar-refractivity contribution in [2.75, 3.05) is 0 Å². The number of hydrogen-bond acceptors (Lipinski definition) is 1. The minimum absolute atomic E-state index is 0.698. The predicted molar refractivity (Wildman–Crippen MR) is 58.2 cm³/mol. The van der Waals surface area contributed by atoms with Crippen molar-refractivity contribution in [1.82, 2.24) is 9.55 Å². The van der Waals surface area contributed by atoms with Gasteiger partial charge in [-0.05, 0) is 38.0 Å². The van der Waals surface area contributed by atoms with Gasteiger partial charge in [0, 0.05) is 18.4 Å². The first kappa shape index (κ1) is 9.75. The normalized spacial score (nSPS) is 33.2. The van der Waals surface area contributed by atoms with Crippen LogP contribution in [0.1, 0.15) is 45.0 Å². The lowest BCUT2D eigenvalue weighted by Crippen LogP contribution is -2.23. The fraction of sp³-hybridized carbons (Fsp3) is 0.750. The maximum absolute atomic E-state index is 4.30. The highest BCUT2D eigenvalue weighted by Crippen LogP contribution is 2.36. The van der Waals surface area contributed by atoms with E-state index >= 15 is 0 Å². The second-order valence-electron chi connectivity index (χ2n) is 4.80. The van der Waals surface area contributed by atoms with Gasteiger partial charge in [-0.2, -0.15) is 0 Å². The van der Waals surface area contributed by atoms with Gasteiger partial charge in [0.1, 0.15) is 5.82 Å². The molecule has 0 saturated heterocycles. The SMILES string of the molecule is Cc1nccn1C1CCC(C)C(C)C1. The maximum atomic E-state index is 4.30. The van der Waals surface area contributed by atoms with E-state index in [-0.39, 0.29) is 0 Å². The molecule has 0 aliphatic heterocycles. The molecule has 0 spiro atoms. The van der Waals surface area contributed by atoms with E-state index in [9.17, 15) is 0 Å². The number of aromatic nitrogens is 2. The molecule has 0 radical (unpaired) electrons. The van der Waals surface area contributed by atoms with Crippen LogP contribution in [0.15, 0.2) is 12.4 Å². The van der Waals surface area contributed by atoms with E-state index in [1.165, 1.54) is 19.3 Å². The Morgan fingerprint density at radius 1 is 1.29 bits per heavy atom. The quantitative estimate of drug-likeness (QED) is 0.668. The van der Waals surface area contributed by atoms with Crippen LogP contribution < -0.4 is 0 Å². The third-order valence-electron chi connectivity index (χ3n) is 3.83. The molecule has 1 aromatic heterocycles.